The Hall–Kier alpha value is -5.23. The molecule has 0 saturated carbocycles. The van der Waals surface area contributed by atoms with E-state index in [1.165, 1.54) is 30.7 Å². The van der Waals surface area contributed by atoms with Gasteiger partial charge in [0.05, 0.1) is 40.0 Å². The first-order valence-electron chi connectivity index (χ1n) is 14.9. The van der Waals surface area contributed by atoms with Crippen molar-refractivity contribution in [2.24, 2.45) is 5.41 Å². The Morgan fingerprint density at radius 2 is 1.76 bits per heavy atom. The van der Waals surface area contributed by atoms with Crippen LogP contribution in [0.5, 0.6) is 0 Å². The highest BCUT2D eigenvalue weighted by Gasteiger charge is 2.22. The van der Waals surface area contributed by atoms with Crippen LogP contribution in [0.2, 0.25) is 0 Å². The van der Waals surface area contributed by atoms with Gasteiger partial charge >= 0.3 is 0 Å². The number of carbonyl (C=O) groups is 1. The van der Waals surface area contributed by atoms with E-state index in [4.69, 9.17) is 4.98 Å². The summed E-state index contributed by atoms with van der Waals surface area (Å²) in [5, 5.41) is 13.5. The fourth-order valence-corrected chi connectivity index (χ4v) is 5.32. The van der Waals surface area contributed by atoms with Crippen LogP contribution in [0.1, 0.15) is 27.2 Å². The third-order valence-electron chi connectivity index (χ3n) is 7.36. The summed E-state index contributed by atoms with van der Waals surface area (Å²) in [5.41, 5.74) is 4.68. The van der Waals surface area contributed by atoms with Crippen LogP contribution in [-0.2, 0) is 4.79 Å². The molecule has 12 heteroatoms. The van der Waals surface area contributed by atoms with Gasteiger partial charge in [0.25, 0.3) is 0 Å². The molecule has 1 amide bonds. The van der Waals surface area contributed by atoms with Crippen LogP contribution in [0.4, 0.5) is 20.2 Å². The van der Waals surface area contributed by atoms with E-state index in [2.05, 4.69) is 35.8 Å². The highest BCUT2D eigenvalue weighted by molar-refractivity contribution is 5.98. The topological polar surface area (TPSA) is 128 Å². The molecule has 6 aromatic rings. The van der Waals surface area contributed by atoms with Gasteiger partial charge in [0.1, 0.15) is 17.2 Å². The zero-order valence-electron chi connectivity index (χ0n) is 26.3. The molecule has 4 N–H and O–H groups in total. The molecule has 10 nitrogen and oxygen atoms in total. The van der Waals surface area contributed by atoms with E-state index in [0.717, 1.165) is 6.54 Å². The average molecular weight is 624 g/mol. The number of aromatic amines is 2. The summed E-state index contributed by atoms with van der Waals surface area (Å²) in [7, 11) is 3.96. The molecule has 0 fully saturated rings. The summed E-state index contributed by atoms with van der Waals surface area (Å²) in [6.45, 7) is 7.39. The Labute approximate surface area is 264 Å². The van der Waals surface area contributed by atoms with E-state index in [1.807, 2.05) is 64.0 Å². The zero-order valence-corrected chi connectivity index (χ0v) is 26.3. The lowest BCUT2D eigenvalue weighted by molar-refractivity contribution is -0.117. The number of anilines is 2. The van der Waals surface area contributed by atoms with Gasteiger partial charge in [-0.3, -0.25) is 19.9 Å². The van der Waals surface area contributed by atoms with E-state index in [-0.39, 0.29) is 33.9 Å². The summed E-state index contributed by atoms with van der Waals surface area (Å²) >= 11 is 0. The second-order valence-electron chi connectivity index (χ2n) is 12.8. The Bertz CT molecular complexity index is 2060. The van der Waals surface area contributed by atoms with Crippen LogP contribution in [0.15, 0.2) is 61.1 Å². The fourth-order valence-electron chi connectivity index (χ4n) is 5.32. The lowest BCUT2D eigenvalue weighted by Crippen LogP contribution is -2.20. The lowest BCUT2D eigenvalue weighted by atomic mass is 9.92. The second-order valence-corrected chi connectivity index (χ2v) is 12.8. The number of benzene rings is 2. The van der Waals surface area contributed by atoms with E-state index >= 15 is 4.39 Å². The molecule has 0 bridgehead atoms. The van der Waals surface area contributed by atoms with Crippen LogP contribution in [0, 0.1) is 17.0 Å². The van der Waals surface area contributed by atoms with Crippen molar-refractivity contribution in [2.75, 3.05) is 37.8 Å². The molecule has 2 aromatic carbocycles. The molecule has 0 atom stereocenters. The van der Waals surface area contributed by atoms with Gasteiger partial charge in [-0.25, -0.2) is 13.8 Å². The molecule has 0 saturated heterocycles. The van der Waals surface area contributed by atoms with E-state index in [9.17, 15) is 9.18 Å². The molecule has 0 aliphatic rings. The molecule has 46 heavy (non-hydrogen) atoms. The summed E-state index contributed by atoms with van der Waals surface area (Å²) in [6.07, 6.45) is 4.83. The van der Waals surface area contributed by atoms with Crippen LogP contribution >= 0.6 is 0 Å². The Morgan fingerprint density at radius 1 is 0.957 bits per heavy atom. The van der Waals surface area contributed by atoms with Crippen molar-refractivity contribution in [3.8, 4) is 33.9 Å². The summed E-state index contributed by atoms with van der Waals surface area (Å²) in [5.74, 6) is -0.802. The lowest BCUT2D eigenvalue weighted by Gasteiger charge is -2.17. The standard InChI is InChI=1S/C34H35F2N9O/c1-34(2,3)15-27(46)40-23-13-20(16-37-17-23)30-29(36)28-26(18-39-30)43-44-32(28)33-41-25-8-6-7-24(31(25)42-33)19-11-21(35)14-22(12-19)38-9-10-45(4)5/h6-8,11-14,16-18,38H,9-10,15H2,1-5H3,(H,40,46)(H,41,42)(H,43,44). The van der Waals surface area contributed by atoms with Crippen LogP contribution in [0.25, 0.3) is 55.8 Å². The molecular formula is C34H35F2N9O. The highest BCUT2D eigenvalue weighted by atomic mass is 19.1. The molecule has 0 unspecified atom stereocenters. The molecular weight excluding hydrogens is 588 g/mol. The number of fused-ring (bicyclic) bond motifs is 2. The largest absolute Gasteiger partial charge is 0.384 e. The van der Waals surface area contributed by atoms with Crippen molar-refractivity contribution < 1.29 is 13.6 Å². The number of nitrogens with one attached hydrogen (secondary N) is 4. The molecule has 6 rings (SSSR count). The fraction of sp³-hybridized carbons (Fsp3) is 0.265. The number of para-hydroxylation sites is 1. The maximum absolute atomic E-state index is 16.3. The number of likely N-dealkylation sites (N-methyl/N-ethyl adjacent to an activating group) is 1. The van der Waals surface area contributed by atoms with Gasteiger partial charge in [0, 0.05) is 42.5 Å². The maximum atomic E-state index is 16.3. The van der Waals surface area contributed by atoms with Crippen LogP contribution < -0.4 is 10.6 Å². The smallest absolute Gasteiger partial charge is 0.224 e. The molecule has 4 aromatic heterocycles. The second kappa shape index (κ2) is 12.3. The van der Waals surface area contributed by atoms with Gasteiger partial charge in [0.15, 0.2) is 11.6 Å². The quantitative estimate of drug-likeness (QED) is 0.139. The van der Waals surface area contributed by atoms with Crippen molar-refractivity contribution in [3.63, 3.8) is 0 Å². The monoisotopic (exact) mass is 623 g/mol. The van der Waals surface area contributed by atoms with Gasteiger partial charge < -0.3 is 20.5 Å². The minimum absolute atomic E-state index is 0.0560. The number of nitrogens with zero attached hydrogens (tertiary/aromatic N) is 5. The maximum Gasteiger partial charge on any atom is 0.224 e. The number of pyridine rings is 2. The average Bonchev–Trinajstić information content (AvgIpc) is 3.61. The summed E-state index contributed by atoms with van der Waals surface area (Å²) in [4.78, 5) is 31.1. The van der Waals surface area contributed by atoms with E-state index in [0.29, 0.717) is 63.4 Å². The van der Waals surface area contributed by atoms with Crippen LogP contribution in [0.3, 0.4) is 0 Å². The molecule has 4 heterocycles. The Kier molecular flexibility index (Phi) is 8.22. The Balaban J connectivity index is 1.36. The number of aromatic nitrogens is 6. The molecule has 236 valence electrons. The molecule has 0 aliphatic heterocycles. The number of halogens is 2. The number of hydrogen-bond donors (Lipinski definition) is 4. The number of imidazole rings is 1. The first-order chi connectivity index (χ1) is 21.9. The van der Waals surface area contributed by atoms with Gasteiger partial charge in [0.2, 0.25) is 5.91 Å². The number of H-pyrrole nitrogens is 2. The number of rotatable bonds is 9. The summed E-state index contributed by atoms with van der Waals surface area (Å²) < 4.78 is 31.0. The normalized spacial score (nSPS) is 11.9. The van der Waals surface area contributed by atoms with Crippen molar-refractivity contribution in [1.82, 2.24) is 35.0 Å². The minimum atomic E-state index is -0.611. The zero-order chi connectivity index (χ0) is 32.6. The van der Waals surface area contributed by atoms with Crippen molar-refractivity contribution in [2.45, 2.75) is 27.2 Å². The number of amides is 1. The first kappa shape index (κ1) is 30.8. The number of hydrogen-bond acceptors (Lipinski definition) is 7. The third kappa shape index (κ3) is 6.57. The molecule has 0 radical (unpaired) electrons. The van der Waals surface area contributed by atoms with Crippen molar-refractivity contribution in [3.05, 3.63) is 72.7 Å². The number of carbonyl (C=O) groups excluding carboxylic acids is 1. The van der Waals surface area contributed by atoms with E-state index < -0.39 is 5.82 Å². The molecule has 0 aliphatic carbocycles. The van der Waals surface area contributed by atoms with Crippen molar-refractivity contribution in [1.29, 1.82) is 0 Å². The van der Waals surface area contributed by atoms with Crippen molar-refractivity contribution >= 4 is 39.2 Å². The summed E-state index contributed by atoms with van der Waals surface area (Å²) in [6, 6.07) is 12.0. The van der Waals surface area contributed by atoms with Gasteiger partial charge in [-0.2, -0.15) is 5.10 Å². The van der Waals surface area contributed by atoms with Gasteiger partial charge in [-0.15, -0.1) is 0 Å². The SMILES string of the molecule is CN(C)CCNc1cc(F)cc(-c2cccc3[nH]c(-c4n[nH]c5cnc(-c6cncc(NC(=O)CC(C)(C)C)c6)c(F)c45)nc23)c1. The minimum Gasteiger partial charge on any atom is -0.384 e. The highest BCUT2D eigenvalue weighted by Crippen LogP contribution is 2.35. The van der Waals surface area contributed by atoms with Crippen LogP contribution in [-0.4, -0.2) is 68.1 Å². The third-order valence-corrected chi connectivity index (χ3v) is 7.36. The van der Waals surface area contributed by atoms with E-state index in [1.54, 1.807) is 6.07 Å². The van der Waals surface area contributed by atoms with Gasteiger partial charge in [-0.05, 0) is 55.4 Å². The Morgan fingerprint density at radius 3 is 2.54 bits per heavy atom. The predicted octanol–water partition coefficient (Wildman–Crippen LogP) is 6.86. The molecule has 0 spiro atoms. The first-order valence-corrected chi connectivity index (χ1v) is 14.9. The van der Waals surface area contributed by atoms with Gasteiger partial charge in [-0.1, -0.05) is 32.9 Å². The predicted molar refractivity (Wildman–Crippen MR) is 177 cm³/mol.